The van der Waals surface area contributed by atoms with Crippen LogP contribution in [0.15, 0.2) is 54.7 Å². The van der Waals surface area contributed by atoms with Gasteiger partial charge in [0.15, 0.2) is 0 Å². The fourth-order valence-corrected chi connectivity index (χ4v) is 5.84. The lowest BCUT2D eigenvalue weighted by Crippen LogP contribution is -2.35. The van der Waals surface area contributed by atoms with Crippen molar-refractivity contribution in [2.75, 3.05) is 27.3 Å². The van der Waals surface area contributed by atoms with Crippen LogP contribution in [-0.2, 0) is 13.0 Å². The number of rotatable bonds is 7. The van der Waals surface area contributed by atoms with E-state index in [0.29, 0.717) is 28.2 Å². The molecule has 1 aliphatic rings. The Labute approximate surface area is 239 Å². The van der Waals surface area contributed by atoms with E-state index in [1.165, 1.54) is 5.56 Å². The molecule has 0 spiro atoms. The molecule has 2 aromatic heterocycles. The van der Waals surface area contributed by atoms with Crippen molar-refractivity contribution in [2.24, 2.45) is 0 Å². The molecule has 0 fully saturated rings. The lowest BCUT2D eigenvalue weighted by Gasteiger charge is -2.31. The highest BCUT2D eigenvalue weighted by atomic mass is 35.5. The molecule has 0 amide bonds. The molecule has 4 aromatic rings. The maximum atomic E-state index is 9.84. The first-order valence-electron chi connectivity index (χ1n) is 12.9. The van der Waals surface area contributed by atoms with Gasteiger partial charge in [-0.3, -0.25) is 9.88 Å². The number of β-amino-alcohol motifs (C(OH)–C–C–N with tert-alkyl or cyclic N) is 1. The van der Waals surface area contributed by atoms with Crippen LogP contribution in [0.25, 0.3) is 33.6 Å². The van der Waals surface area contributed by atoms with E-state index in [2.05, 4.69) is 20.9 Å². The van der Waals surface area contributed by atoms with Crippen molar-refractivity contribution in [1.29, 1.82) is 0 Å². The van der Waals surface area contributed by atoms with Gasteiger partial charge in [-0.2, -0.15) is 0 Å². The molecule has 0 aliphatic carbocycles. The molecule has 2 aromatic carbocycles. The van der Waals surface area contributed by atoms with E-state index in [0.717, 1.165) is 64.3 Å². The second kappa shape index (κ2) is 11.5. The van der Waals surface area contributed by atoms with Crippen LogP contribution in [0.5, 0.6) is 11.6 Å². The van der Waals surface area contributed by atoms with Crippen LogP contribution in [0, 0.1) is 6.92 Å². The Hall–Kier alpha value is -3.16. The summed E-state index contributed by atoms with van der Waals surface area (Å²) in [4.78, 5) is 11.5. The molecule has 0 bridgehead atoms. The number of ether oxygens (including phenoxy) is 2. The molecule has 202 valence electrons. The van der Waals surface area contributed by atoms with Crippen LogP contribution < -0.4 is 9.47 Å². The van der Waals surface area contributed by atoms with E-state index < -0.39 is 0 Å². The molecular weight excluding hydrogens is 533 g/mol. The van der Waals surface area contributed by atoms with Gasteiger partial charge in [-0.25, -0.2) is 4.98 Å². The summed E-state index contributed by atoms with van der Waals surface area (Å²) < 4.78 is 11.2. The van der Waals surface area contributed by atoms with E-state index in [9.17, 15) is 5.11 Å². The van der Waals surface area contributed by atoms with Gasteiger partial charge in [0.25, 0.3) is 0 Å². The molecule has 0 radical (unpaired) electrons. The Morgan fingerprint density at radius 3 is 2.51 bits per heavy atom. The topological polar surface area (TPSA) is 67.7 Å². The first kappa shape index (κ1) is 27.4. The van der Waals surface area contributed by atoms with Crippen molar-refractivity contribution < 1.29 is 14.6 Å². The van der Waals surface area contributed by atoms with Gasteiger partial charge < -0.3 is 14.6 Å². The number of hydrogen-bond acceptors (Lipinski definition) is 6. The summed E-state index contributed by atoms with van der Waals surface area (Å²) in [5.41, 5.74) is 7.93. The molecule has 39 heavy (non-hydrogen) atoms. The third-order valence-corrected chi connectivity index (χ3v) is 7.88. The number of aryl methyl sites for hydroxylation is 1. The molecule has 5 rings (SSSR count). The summed E-state index contributed by atoms with van der Waals surface area (Å²) >= 11 is 14.0. The third kappa shape index (κ3) is 5.48. The van der Waals surface area contributed by atoms with Crippen molar-refractivity contribution in [3.8, 4) is 45.3 Å². The van der Waals surface area contributed by atoms with Gasteiger partial charge >= 0.3 is 0 Å². The first-order chi connectivity index (χ1) is 18.8. The van der Waals surface area contributed by atoms with Gasteiger partial charge in [-0.1, -0.05) is 47.5 Å². The summed E-state index contributed by atoms with van der Waals surface area (Å²) in [6, 6.07) is 15.8. The predicted molar refractivity (Wildman–Crippen MR) is 157 cm³/mol. The van der Waals surface area contributed by atoms with Gasteiger partial charge in [-0.15, -0.1) is 0 Å². The van der Waals surface area contributed by atoms with Crippen molar-refractivity contribution in [3.63, 3.8) is 0 Å². The maximum absolute atomic E-state index is 9.84. The standard InChI is InChI=1S/C31H31Cl2N3O3/c1-18-8-9-26(35-31(18)39-4)24-7-5-6-22(28(24)32)23-10-12-34-30(29(23)33)21-14-20-11-13-36(16-19(2)37)17-25(20)27(15-21)38-3/h5-10,12,14-15,19,37H,11,13,16-17H2,1-4H3/t19-/m0/s1. The van der Waals surface area contributed by atoms with E-state index in [-0.39, 0.29) is 6.10 Å². The molecule has 6 nitrogen and oxygen atoms in total. The minimum Gasteiger partial charge on any atom is -0.496 e. The number of pyridine rings is 2. The molecule has 8 heteroatoms. The summed E-state index contributed by atoms with van der Waals surface area (Å²) in [6.07, 6.45) is 2.23. The predicted octanol–water partition coefficient (Wildman–Crippen LogP) is 6.85. The van der Waals surface area contributed by atoms with E-state index in [1.807, 2.05) is 56.3 Å². The number of benzene rings is 2. The summed E-state index contributed by atoms with van der Waals surface area (Å²) in [5, 5.41) is 10.9. The SMILES string of the molecule is COc1cc(-c2nccc(-c3cccc(-c4ccc(C)c(OC)n4)c3Cl)c2Cl)cc2c1CN(C[C@H](C)O)CC2. The average molecular weight is 565 g/mol. The van der Waals surface area contributed by atoms with Crippen LogP contribution in [0.4, 0.5) is 0 Å². The largest absolute Gasteiger partial charge is 0.496 e. The van der Waals surface area contributed by atoms with E-state index in [4.69, 9.17) is 32.7 Å². The number of aliphatic hydroxyl groups is 1. The fourth-order valence-electron chi connectivity index (χ4n) is 5.19. The minimum atomic E-state index is -0.378. The number of nitrogens with zero attached hydrogens (tertiary/aromatic N) is 3. The molecule has 1 aliphatic heterocycles. The Balaban J connectivity index is 1.55. The molecule has 1 atom stereocenters. The van der Waals surface area contributed by atoms with Crippen LogP contribution in [0.3, 0.4) is 0 Å². The monoisotopic (exact) mass is 563 g/mol. The highest BCUT2D eigenvalue weighted by Gasteiger charge is 2.24. The smallest absolute Gasteiger partial charge is 0.216 e. The average Bonchev–Trinajstić information content (AvgIpc) is 2.93. The normalized spacial score (nSPS) is 14.1. The van der Waals surface area contributed by atoms with Gasteiger partial charge in [-0.05, 0) is 50.1 Å². The van der Waals surface area contributed by atoms with Crippen LogP contribution in [0.2, 0.25) is 10.0 Å². The molecular formula is C31H31Cl2N3O3. The lowest BCUT2D eigenvalue weighted by atomic mass is 9.93. The van der Waals surface area contributed by atoms with Gasteiger partial charge in [0.05, 0.1) is 41.8 Å². The first-order valence-corrected chi connectivity index (χ1v) is 13.6. The molecule has 0 saturated carbocycles. The highest BCUT2D eigenvalue weighted by Crippen LogP contribution is 2.43. The van der Waals surface area contributed by atoms with E-state index >= 15 is 0 Å². The number of halogens is 2. The quantitative estimate of drug-likeness (QED) is 0.265. The highest BCUT2D eigenvalue weighted by molar-refractivity contribution is 6.39. The van der Waals surface area contributed by atoms with Gasteiger partial charge in [0.1, 0.15) is 5.75 Å². The lowest BCUT2D eigenvalue weighted by molar-refractivity contribution is 0.118. The number of hydrogen-bond donors (Lipinski definition) is 1. The zero-order chi connectivity index (χ0) is 27.7. The van der Waals surface area contributed by atoms with Crippen LogP contribution >= 0.6 is 23.2 Å². The fraction of sp³-hybridized carbons (Fsp3) is 0.290. The van der Waals surface area contributed by atoms with Crippen LogP contribution in [0.1, 0.15) is 23.6 Å². The third-order valence-electron chi connectivity index (χ3n) is 7.09. The van der Waals surface area contributed by atoms with Crippen molar-refractivity contribution in [1.82, 2.24) is 14.9 Å². The zero-order valence-electron chi connectivity index (χ0n) is 22.5. The Morgan fingerprint density at radius 1 is 1.00 bits per heavy atom. The Bertz CT molecular complexity index is 1510. The number of fused-ring (bicyclic) bond motifs is 1. The summed E-state index contributed by atoms with van der Waals surface area (Å²) in [5.74, 6) is 1.36. The molecule has 3 heterocycles. The maximum Gasteiger partial charge on any atom is 0.216 e. The second-order valence-corrected chi connectivity index (χ2v) is 10.6. The summed E-state index contributed by atoms with van der Waals surface area (Å²) in [7, 11) is 3.29. The van der Waals surface area contributed by atoms with Crippen molar-refractivity contribution >= 4 is 23.2 Å². The van der Waals surface area contributed by atoms with Gasteiger partial charge in [0, 0.05) is 59.2 Å². The van der Waals surface area contributed by atoms with Gasteiger partial charge in [0.2, 0.25) is 5.88 Å². The molecule has 1 N–H and O–H groups in total. The minimum absolute atomic E-state index is 0.378. The van der Waals surface area contributed by atoms with Crippen molar-refractivity contribution in [2.45, 2.75) is 32.9 Å². The van der Waals surface area contributed by atoms with E-state index in [1.54, 1.807) is 20.4 Å². The van der Waals surface area contributed by atoms with Crippen LogP contribution in [-0.4, -0.2) is 53.4 Å². The second-order valence-electron chi connectivity index (χ2n) is 9.86. The Kier molecular flexibility index (Phi) is 8.10. The number of methoxy groups -OCH3 is 2. The number of aromatic nitrogens is 2. The zero-order valence-corrected chi connectivity index (χ0v) is 24.0. The summed E-state index contributed by atoms with van der Waals surface area (Å²) in [6.45, 7) is 5.99. The molecule has 0 saturated heterocycles. The Morgan fingerprint density at radius 2 is 1.77 bits per heavy atom. The van der Waals surface area contributed by atoms with Crippen molar-refractivity contribution in [3.05, 3.63) is 81.5 Å². The number of aliphatic hydroxyl groups excluding tert-OH is 1. The molecule has 0 unspecified atom stereocenters.